The molecule has 0 bridgehead atoms. The smallest absolute Gasteiger partial charge is 0.166 e. The maximum atomic E-state index is 4.58. The van der Waals surface area contributed by atoms with Gasteiger partial charge >= 0.3 is 0 Å². The fraction of sp³-hybridized carbons (Fsp3) is 0.364. The SMILES string of the molecule is CC(C)(C)Sc1nc2ccccc2[nH]1.CC(C)(C)Sc1nc2ccccc2s1. The highest BCUT2D eigenvalue weighted by molar-refractivity contribution is 8.02. The second kappa shape index (κ2) is 8.47. The van der Waals surface area contributed by atoms with Crippen LogP contribution in [0.3, 0.4) is 0 Å². The zero-order valence-electron chi connectivity index (χ0n) is 17.2. The number of nitrogens with one attached hydrogen (secondary N) is 1. The summed E-state index contributed by atoms with van der Waals surface area (Å²) in [5, 5.41) is 0.999. The molecule has 0 amide bonds. The lowest BCUT2D eigenvalue weighted by atomic mass is 10.3. The number of aromatic amines is 1. The molecule has 0 saturated carbocycles. The van der Waals surface area contributed by atoms with Crippen LogP contribution in [0.4, 0.5) is 0 Å². The van der Waals surface area contributed by atoms with Crippen molar-refractivity contribution in [2.75, 3.05) is 0 Å². The number of hydrogen-bond donors (Lipinski definition) is 1. The van der Waals surface area contributed by atoms with Gasteiger partial charge in [-0.05, 0) is 24.3 Å². The first-order valence-electron chi connectivity index (χ1n) is 9.27. The third-order valence-corrected chi connectivity index (χ3v) is 6.65. The van der Waals surface area contributed by atoms with Gasteiger partial charge in [0.1, 0.15) is 0 Å². The molecule has 0 spiro atoms. The van der Waals surface area contributed by atoms with E-state index in [2.05, 4.69) is 80.8 Å². The predicted molar refractivity (Wildman–Crippen MR) is 127 cm³/mol. The molecule has 28 heavy (non-hydrogen) atoms. The first kappa shape index (κ1) is 21.2. The van der Waals surface area contributed by atoms with Crippen molar-refractivity contribution in [3.63, 3.8) is 0 Å². The van der Waals surface area contributed by atoms with Crippen LogP contribution in [0.25, 0.3) is 21.3 Å². The highest BCUT2D eigenvalue weighted by Crippen LogP contribution is 2.36. The van der Waals surface area contributed by atoms with Crippen molar-refractivity contribution >= 4 is 56.1 Å². The summed E-state index contributed by atoms with van der Waals surface area (Å²) in [5.41, 5.74) is 3.27. The average molecular weight is 430 g/mol. The van der Waals surface area contributed by atoms with Gasteiger partial charge in [0.25, 0.3) is 0 Å². The molecular formula is C22H27N3S3. The van der Waals surface area contributed by atoms with Crippen molar-refractivity contribution in [2.24, 2.45) is 0 Å². The molecule has 3 nitrogen and oxygen atoms in total. The van der Waals surface area contributed by atoms with Crippen LogP contribution in [0.15, 0.2) is 58.0 Å². The lowest BCUT2D eigenvalue weighted by molar-refractivity contribution is 0.796. The lowest BCUT2D eigenvalue weighted by Gasteiger charge is -2.14. The minimum Gasteiger partial charge on any atom is -0.333 e. The second-order valence-corrected chi connectivity index (χ2v) is 13.4. The first-order valence-corrected chi connectivity index (χ1v) is 11.7. The number of H-pyrrole nitrogens is 1. The summed E-state index contributed by atoms with van der Waals surface area (Å²) in [6.45, 7) is 13.2. The van der Waals surface area contributed by atoms with E-state index in [4.69, 9.17) is 0 Å². The summed E-state index contributed by atoms with van der Waals surface area (Å²) < 4.78 is 2.89. The van der Waals surface area contributed by atoms with E-state index in [1.165, 1.54) is 9.04 Å². The minimum atomic E-state index is 0.202. The Morgan fingerprint density at radius 1 is 0.750 bits per heavy atom. The van der Waals surface area contributed by atoms with Crippen LogP contribution in [-0.4, -0.2) is 24.4 Å². The molecule has 4 rings (SSSR count). The Morgan fingerprint density at radius 3 is 1.96 bits per heavy atom. The molecule has 0 aliphatic carbocycles. The van der Waals surface area contributed by atoms with Gasteiger partial charge in [-0.3, -0.25) is 0 Å². The molecule has 0 atom stereocenters. The fourth-order valence-electron chi connectivity index (χ4n) is 2.42. The Balaban J connectivity index is 0.000000161. The highest BCUT2D eigenvalue weighted by Gasteiger charge is 2.15. The van der Waals surface area contributed by atoms with E-state index in [9.17, 15) is 0 Å². The Hall–Kier alpha value is -1.50. The minimum absolute atomic E-state index is 0.202. The number of para-hydroxylation sites is 3. The third kappa shape index (κ3) is 6.26. The quantitative estimate of drug-likeness (QED) is 0.332. The summed E-state index contributed by atoms with van der Waals surface area (Å²) in [4.78, 5) is 12.4. The maximum Gasteiger partial charge on any atom is 0.166 e. The second-order valence-electron chi connectivity index (χ2n) is 8.44. The third-order valence-electron chi connectivity index (χ3n) is 3.44. The molecule has 2 heterocycles. The van der Waals surface area contributed by atoms with E-state index in [-0.39, 0.29) is 9.49 Å². The van der Waals surface area contributed by atoms with Crippen LogP contribution < -0.4 is 0 Å². The number of thiazole rings is 1. The molecule has 0 radical (unpaired) electrons. The number of rotatable bonds is 2. The average Bonchev–Trinajstić information content (AvgIpc) is 3.13. The molecule has 2 aromatic heterocycles. The van der Waals surface area contributed by atoms with Gasteiger partial charge in [-0.15, -0.1) is 11.3 Å². The van der Waals surface area contributed by atoms with Crippen molar-refractivity contribution in [1.29, 1.82) is 0 Å². The van der Waals surface area contributed by atoms with Gasteiger partial charge in [0.15, 0.2) is 9.50 Å². The van der Waals surface area contributed by atoms with Crippen LogP contribution >= 0.6 is 34.9 Å². The van der Waals surface area contributed by atoms with Crippen molar-refractivity contribution in [3.8, 4) is 0 Å². The van der Waals surface area contributed by atoms with Crippen LogP contribution in [0, 0.1) is 0 Å². The lowest BCUT2D eigenvalue weighted by Crippen LogP contribution is -2.06. The Labute approximate surface area is 179 Å². The summed E-state index contributed by atoms with van der Waals surface area (Å²) in [5.74, 6) is 0. The van der Waals surface area contributed by atoms with Gasteiger partial charge in [-0.2, -0.15) is 0 Å². The maximum absolute atomic E-state index is 4.58. The summed E-state index contributed by atoms with van der Waals surface area (Å²) in [6.07, 6.45) is 0. The van der Waals surface area contributed by atoms with E-state index < -0.39 is 0 Å². The Kier molecular flexibility index (Phi) is 6.42. The highest BCUT2D eigenvalue weighted by atomic mass is 32.2. The van der Waals surface area contributed by atoms with E-state index in [0.717, 1.165) is 21.7 Å². The molecule has 0 saturated heterocycles. The largest absolute Gasteiger partial charge is 0.333 e. The summed E-state index contributed by atoms with van der Waals surface area (Å²) in [6, 6.07) is 16.4. The Morgan fingerprint density at radius 2 is 1.36 bits per heavy atom. The van der Waals surface area contributed by atoms with Gasteiger partial charge in [0.2, 0.25) is 0 Å². The van der Waals surface area contributed by atoms with Crippen LogP contribution in [0.5, 0.6) is 0 Å². The number of fused-ring (bicyclic) bond motifs is 2. The van der Waals surface area contributed by atoms with Gasteiger partial charge in [-0.1, -0.05) is 89.3 Å². The molecule has 0 unspecified atom stereocenters. The molecule has 2 aromatic carbocycles. The van der Waals surface area contributed by atoms with Crippen molar-refractivity contribution < 1.29 is 0 Å². The molecular weight excluding hydrogens is 402 g/mol. The van der Waals surface area contributed by atoms with E-state index in [1.54, 1.807) is 23.1 Å². The number of benzene rings is 2. The van der Waals surface area contributed by atoms with E-state index in [0.29, 0.717) is 0 Å². The predicted octanol–water partition coefficient (Wildman–Crippen LogP) is 7.64. The van der Waals surface area contributed by atoms with E-state index in [1.807, 2.05) is 36.0 Å². The topological polar surface area (TPSA) is 41.6 Å². The van der Waals surface area contributed by atoms with E-state index >= 15 is 0 Å². The molecule has 1 N–H and O–H groups in total. The number of aromatic nitrogens is 3. The van der Waals surface area contributed by atoms with Crippen LogP contribution in [0.1, 0.15) is 41.5 Å². The monoisotopic (exact) mass is 429 g/mol. The first-order chi connectivity index (χ1) is 13.1. The zero-order valence-corrected chi connectivity index (χ0v) is 19.7. The van der Waals surface area contributed by atoms with Gasteiger partial charge < -0.3 is 4.98 Å². The summed E-state index contributed by atoms with van der Waals surface area (Å²) in [7, 11) is 0. The number of hydrogen-bond acceptors (Lipinski definition) is 5. The molecule has 6 heteroatoms. The molecule has 0 aliphatic heterocycles. The van der Waals surface area contributed by atoms with Crippen molar-refractivity contribution in [2.45, 2.75) is 60.5 Å². The van der Waals surface area contributed by atoms with Crippen LogP contribution in [0.2, 0.25) is 0 Å². The molecule has 0 aliphatic rings. The molecule has 4 aromatic rings. The Bertz CT molecular complexity index is 900. The van der Waals surface area contributed by atoms with Crippen molar-refractivity contribution in [1.82, 2.24) is 15.0 Å². The van der Waals surface area contributed by atoms with Crippen LogP contribution in [-0.2, 0) is 0 Å². The van der Waals surface area contributed by atoms with Gasteiger partial charge in [0, 0.05) is 9.49 Å². The number of nitrogens with zero attached hydrogens (tertiary/aromatic N) is 2. The van der Waals surface area contributed by atoms with Crippen molar-refractivity contribution in [3.05, 3.63) is 48.5 Å². The normalized spacial score (nSPS) is 12.2. The van der Waals surface area contributed by atoms with Gasteiger partial charge in [-0.25, -0.2) is 9.97 Å². The summed E-state index contributed by atoms with van der Waals surface area (Å²) >= 11 is 5.37. The molecule has 148 valence electrons. The standard InChI is InChI=1S/C11H14N2S.C11H13NS2/c2*1-11(2,3)14-10-12-8-6-4-5-7-9(8)13-10/h4-7H,1-3H3,(H,12,13);4-7H,1-3H3. The molecule has 0 fully saturated rings. The fourth-order valence-corrected chi connectivity index (χ4v) is 5.86. The zero-order chi connectivity index (χ0) is 20.4. The number of thioether (sulfide) groups is 2. The number of imidazole rings is 1. The van der Waals surface area contributed by atoms with Gasteiger partial charge in [0.05, 0.1) is 21.3 Å².